The van der Waals surface area contributed by atoms with Crippen molar-refractivity contribution in [1.29, 1.82) is 0 Å². The van der Waals surface area contributed by atoms with Gasteiger partial charge in [0.05, 0.1) is 25.8 Å². The van der Waals surface area contributed by atoms with Crippen molar-refractivity contribution in [1.82, 2.24) is 10.0 Å². The van der Waals surface area contributed by atoms with E-state index in [0.717, 1.165) is 24.2 Å². The van der Waals surface area contributed by atoms with Gasteiger partial charge in [-0.25, -0.2) is 19.6 Å². The third kappa shape index (κ3) is 3.41. The highest BCUT2D eigenvalue weighted by atomic mass is 16.6. The molecule has 4 saturated carbocycles. The number of carbonyl (C=O) groups is 2. The van der Waals surface area contributed by atoms with Gasteiger partial charge in [-0.2, -0.15) is 0 Å². The summed E-state index contributed by atoms with van der Waals surface area (Å²) in [6.45, 7) is 9.62. The fourth-order valence-electron chi connectivity index (χ4n) is 8.97. The summed E-state index contributed by atoms with van der Waals surface area (Å²) in [5.74, 6) is 2.98. The molecule has 0 saturated heterocycles. The van der Waals surface area contributed by atoms with Crippen molar-refractivity contribution in [3.8, 4) is 0 Å². The van der Waals surface area contributed by atoms with Crippen LogP contribution in [0.4, 0.5) is 9.59 Å². The van der Waals surface area contributed by atoms with Crippen molar-refractivity contribution >= 4 is 12.2 Å². The molecule has 4 aliphatic carbocycles. The zero-order valence-corrected chi connectivity index (χ0v) is 21.0. The molecule has 6 nitrogen and oxygen atoms in total. The summed E-state index contributed by atoms with van der Waals surface area (Å²) in [6, 6.07) is -0.104. The van der Waals surface area contributed by atoms with Crippen molar-refractivity contribution in [3.05, 3.63) is 11.6 Å². The first-order valence-corrected chi connectivity index (χ1v) is 13.5. The largest absolute Gasteiger partial charge is 0.448 e. The third-order valence-electron chi connectivity index (χ3n) is 10.4. The Morgan fingerprint density at radius 1 is 0.970 bits per heavy atom. The van der Waals surface area contributed by atoms with Gasteiger partial charge in [-0.05, 0) is 98.9 Å². The number of hydrazine groups is 1. The highest BCUT2D eigenvalue weighted by molar-refractivity contribution is 5.76. The number of amides is 2. The topological polar surface area (TPSA) is 59.1 Å². The van der Waals surface area contributed by atoms with Crippen LogP contribution in [0.25, 0.3) is 0 Å². The molecule has 0 radical (unpaired) electrons. The smallest absolute Gasteiger partial charge is 0.429 e. The zero-order valence-electron chi connectivity index (χ0n) is 21.0. The molecule has 33 heavy (non-hydrogen) atoms. The summed E-state index contributed by atoms with van der Waals surface area (Å²) in [5.41, 5.74) is 1.95. The second kappa shape index (κ2) is 8.49. The molecule has 6 heteroatoms. The fourth-order valence-corrected chi connectivity index (χ4v) is 8.97. The molecule has 1 heterocycles. The van der Waals surface area contributed by atoms with Crippen LogP contribution in [-0.4, -0.2) is 48.0 Å². The maximum absolute atomic E-state index is 13.1. The van der Waals surface area contributed by atoms with E-state index in [9.17, 15) is 9.59 Å². The van der Waals surface area contributed by atoms with Crippen molar-refractivity contribution in [3.63, 3.8) is 0 Å². The van der Waals surface area contributed by atoms with Crippen molar-refractivity contribution in [2.75, 3.05) is 19.8 Å². The lowest BCUT2D eigenvalue weighted by molar-refractivity contribution is -0.0979. The highest BCUT2D eigenvalue weighted by Gasteiger charge is 2.62. The van der Waals surface area contributed by atoms with E-state index >= 15 is 0 Å². The Hall–Kier alpha value is -1.72. The van der Waals surface area contributed by atoms with Gasteiger partial charge >= 0.3 is 12.2 Å². The molecular formula is C27H42N2O4. The maximum atomic E-state index is 13.1. The first-order valence-electron chi connectivity index (χ1n) is 13.5. The average molecular weight is 459 g/mol. The van der Waals surface area contributed by atoms with Gasteiger partial charge in [0.1, 0.15) is 0 Å². The van der Waals surface area contributed by atoms with Crippen LogP contribution >= 0.6 is 0 Å². The Balaban J connectivity index is 1.47. The summed E-state index contributed by atoms with van der Waals surface area (Å²) < 4.78 is 10.7. The lowest BCUT2D eigenvalue weighted by Gasteiger charge is -2.60. The molecule has 0 bridgehead atoms. The van der Waals surface area contributed by atoms with E-state index < -0.39 is 12.2 Å². The van der Waals surface area contributed by atoms with E-state index in [1.165, 1.54) is 61.9 Å². The van der Waals surface area contributed by atoms with E-state index in [2.05, 4.69) is 19.9 Å². The van der Waals surface area contributed by atoms with Gasteiger partial charge in [0.15, 0.2) is 0 Å². The van der Waals surface area contributed by atoms with Gasteiger partial charge < -0.3 is 9.47 Å². The summed E-state index contributed by atoms with van der Waals surface area (Å²) in [7, 11) is 0. The highest BCUT2D eigenvalue weighted by Crippen LogP contribution is 2.68. The molecule has 5 rings (SSSR count). The fraction of sp³-hybridized carbons (Fsp3) is 0.852. The van der Waals surface area contributed by atoms with E-state index in [1.54, 1.807) is 11.9 Å². The van der Waals surface area contributed by atoms with Crippen LogP contribution < -0.4 is 0 Å². The molecule has 184 valence electrons. The Labute approximate surface area is 199 Å². The normalized spacial score (nSPS) is 41.8. The Morgan fingerprint density at radius 2 is 1.73 bits per heavy atom. The summed E-state index contributed by atoms with van der Waals surface area (Å²) in [5, 5.41) is 3.07. The summed E-state index contributed by atoms with van der Waals surface area (Å²) in [6.07, 6.45) is 13.1. The second-order valence-electron chi connectivity index (χ2n) is 11.6. The maximum Gasteiger partial charge on any atom is 0.429 e. The molecule has 0 N–H and O–H groups in total. The molecular weight excluding hydrogens is 416 g/mol. The first-order chi connectivity index (χ1) is 15.8. The Bertz CT molecular complexity index is 827. The van der Waals surface area contributed by atoms with Crippen molar-refractivity contribution in [2.45, 2.75) is 91.5 Å². The Kier molecular flexibility index (Phi) is 5.93. The van der Waals surface area contributed by atoms with Crippen LogP contribution in [0.1, 0.15) is 85.5 Å². The number of ether oxygens (including phenoxy) is 2. The summed E-state index contributed by atoms with van der Waals surface area (Å²) >= 11 is 0. The van der Waals surface area contributed by atoms with Gasteiger partial charge in [-0.15, -0.1) is 0 Å². The summed E-state index contributed by atoms with van der Waals surface area (Å²) in [4.78, 5) is 25.9. The van der Waals surface area contributed by atoms with Crippen molar-refractivity contribution in [2.24, 2.45) is 34.5 Å². The number of fused-ring (bicyclic) bond motifs is 7. The molecule has 4 fully saturated rings. The van der Waals surface area contributed by atoms with E-state index in [-0.39, 0.29) is 18.1 Å². The minimum Gasteiger partial charge on any atom is -0.448 e. The first kappa shape index (κ1) is 23.0. The quantitative estimate of drug-likeness (QED) is 0.464. The minimum absolute atomic E-state index is 0.104. The van der Waals surface area contributed by atoms with Gasteiger partial charge in [-0.1, -0.05) is 32.8 Å². The van der Waals surface area contributed by atoms with Crippen LogP contribution in [0, 0.1) is 34.5 Å². The number of hydrogen-bond acceptors (Lipinski definition) is 4. The number of carbonyl (C=O) groups excluding carboxylic acids is 2. The molecule has 0 aromatic heterocycles. The van der Waals surface area contributed by atoms with Gasteiger partial charge in [-0.3, -0.25) is 0 Å². The molecule has 0 spiro atoms. The lowest BCUT2D eigenvalue weighted by atomic mass is 9.45. The van der Waals surface area contributed by atoms with E-state index in [4.69, 9.17) is 9.47 Å². The number of hydrogen-bond donors (Lipinski definition) is 0. The zero-order chi connectivity index (χ0) is 23.4. The van der Waals surface area contributed by atoms with E-state index in [1.807, 2.05) is 6.92 Å². The van der Waals surface area contributed by atoms with Gasteiger partial charge in [0, 0.05) is 0 Å². The monoisotopic (exact) mass is 458 g/mol. The van der Waals surface area contributed by atoms with Crippen LogP contribution in [0.3, 0.4) is 0 Å². The van der Waals surface area contributed by atoms with Crippen LogP contribution in [-0.2, 0) is 9.47 Å². The lowest BCUT2D eigenvalue weighted by Crippen LogP contribution is -2.57. The Morgan fingerprint density at radius 3 is 2.48 bits per heavy atom. The average Bonchev–Trinajstić information content (AvgIpc) is 3.11. The predicted octanol–water partition coefficient (Wildman–Crippen LogP) is 6.17. The SMILES string of the molecule is CCOC(=O)N1CC=C2[C@@H](C[C@H]3[C@@H]4CC[C@H]5CCCC[C@]5(C)[C@H]4CC[C@]23C)N1C(=O)OCC. The molecule has 0 aromatic rings. The van der Waals surface area contributed by atoms with E-state index in [0.29, 0.717) is 24.5 Å². The second-order valence-corrected chi connectivity index (χ2v) is 11.6. The van der Waals surface area contributed by atoms with Gasteiger partial charge in [0.25, 0.3) is 0 Å². The molecule has 0 aromatic carbocycles. The van der Waals surface area contributed by atoms with Gasteiger partial charge in [0.2, 0.25) is 0 Å². The standard InChI is InChI=1S/C27H42N2O4/c1-5-32-24(30)28-16-13-21-23(29(28)25(31)33-6-2)17-22-19-11-10-18-9-7-8-14-26(18,3)20(19)12-15-27(21,22)4/h13,18-20,22-23H,5-12,14-17H2,1-4H3/t18-,19-,20+,22+,23-,26+,27-/m1/s1. The van der Waals surface area contributed by atoms with Crippen molar-refractivity contribution < 1.29 is 19.1 Å². The molecule has 0 unspecified atom stereocenters. The van der Waals surface area contributed by atoms with Crippen LogP contribution in [0.5, 0.6) is 0 Å². The number of nitrogens with zero attached hydrogens (tertiary/aromatic N) is 2. The van der Waals surface area contributed by atoms with Crippen LogP contribution in [0.2, 0.25) is 0 Å². The third-order valence-corrected chi connectivity index (χ3v) is 10.4. The number of rotatable bonds is 2. The molecule has 7 atom stereocenters. The molecule has 1 aliphatic heterocycles. The molecule has 2 amide bonds. The minimum atomic E-state index is -0.464. The van der Waals surface area contributed by atoms with Crippen LogP contribution in [0.15, 0.2) is 11.6 Å². The predicted molar refractivity (Wildman–Crippen MR) is 126 cm³/mol. The molecule has 5 aliphatic rings.